The summed E-state index contributed by atoms with van der Waals surface area (Å²) in [6, 6.07) is 10.7. The Morgan fingerprint density at radius 2 is 2.00 bits per heavy atom. The van der Waals surface area contributed by atoms with Crippen LogP contribution in [0, 0.1) is 0 Å². The minimum atomic E-state index is 0.710. The van der Waals surface area contributed by atoms with Crippen LogP contribution in [0.2, 0.25) is 0 Å². The molecule has 0 spiro atoms. The molecule has 0 aromatic heterocycles. The molecular weight excluding hydrogens is 260 g/mol. The maximum absolute atomic E-state index is 5.32. The van der Waals surface area contributed by atoms with Crippen molar-refractivity contribution in [2.75, 3.05) is 20.7 Å². The standard InChI is InChI=1S/C18H28N2O/c1-13-9-16(7-8-20(13)2)19-17-10-15(11-17)14-5-4-6-18(12-14)21-3/h4-6,12-13,15-17,19H,7-11H2,1-3H3. The van der Waals surface area contributed by atoms with Crippen molar-refractivity contribution in [2.24, 2.45) is 0 Å². The summed E-state index contributed by atoms with van der Waals surface area (Å²) in [4.78, 5) is 2.47. The Hall–Kier alpha value is -1.06. The first-order chi connectivity index (χ1) is 10.2. The molecule has 3 heteroatoms. The zero-order valence-electron chi connectivity index (χ0n) is 13.5. The number of likely N-dealkylation sites (tertiary alicyclic amines) is 1. The van der Waals surface area contributed by atoms with Gasteiger partial charge in [0.25, 0.3) is 0 Å². The highest BCUT2D eigenvalue weighted by atomic mass is 16.5. The number of nitrogens with zero attached hydrogens (tertiary/aromatic N) is 1. The highest BCUT2D eigenvalue weighted by Gasteiger charge is 2.33. The third kappa shape index (κ3) is 3.41. The molecule has 2 unspecified atom stereocenters. The van der Waals surface area contributed by atoms with Gasteiger partial charge in [-0.15, -0.1) is 0 Å². The minimum absolute atomic E-state index is 0.710. The van der Waals surface area contributed by atoms with Gasteiger partial charge in [0.15, 0.2) is 0 Å². The van der Waals surface area contributed by atoms with Crippen LogP contribution in [0.1, 0.15) is 44.1 Å². The van der Waals surface area contributed by atoms with E-state index in [4.69, 9.17) is 4.74 Å². The summed E-state index contributed by atoms with van der Waals surface area (Å²) in [6.45, 7) is 3.57. The number of methoxy groups -OCH3 is 1. The van der Waals surface area contributed by atoms with E-state index in [9.17, 15) is 0 Å². The van der Waals surface area contributed by atoms with Crippen LogP contribution in [-0.4, -0.2) is 43.7 Å². The van der Waals surface area contributed by atoms with Gasteiger partial charge in [0, 0.05) is 18.1 Å². The Morgan fingerprint density at radius 3 is 2.71 bits per heavy atom. The Labute approximate surface area is 128 Å². The van der Waals surface area contributed by atoms with E-state index in [0.29, 0.717) is 24.0 Å². The number of rotatable bonds is 4. The molecule has 116 valence electrons. The third-order valence-electron chi connectivity index (χ3n) is 5.38. The van der Waals surface area contributed by atoms with E-state index in [-0.39, 0.29) is 0 Å². The Bertz CT molecular complexity index is 470. The van der Waals surface area contributed by atoms with Crippen LogP contribution in [0.5, 0.6) is 5.75 Å². The van der Waals surface area contributed by atoms with Gasteiger partial charge in [-0.1, -0.05) is 12.1 Å². The van der Waals surface area contributed by atoms with E-state index in [2.05, 4.69) is 42.4 Å². The van der Waals surface area contributed by atoms with Gasteiger partial charge in [-0.3, -0.25) is 0 Å². The van der Waals surface area contributed by atoms with Gasteiger partial charge in [0.1, 0.15) is 5.75 Å². The van der Waals surface area contributed by atoms with Crippen molar-refractivity contribution < 1.29 is 4.74 Å². The van der Waals surface area contributed by atoms with Crippen LogP contribution in [0.4, 0.5) is 0 Å². The molecule has 0 radical (unpaired) electrons. The average molecular weight is 288 g/mol. The van der Waals surface area contributed by atoms with E-state index in [0.717, 1.165) is 5.75 Å². The number of hydrogen-bond donors (Lipinski definition) is 1. The predicted octanol–water partition coefficient (Wildman–Crippen LogP) is 3.01. The maximum atomic E-state index is 5.32. The van der Waals surface area contributed by atoms with Gasteiger partial charge in [-0.2, -0.15) is 0 Å². The van der Waals surface area contributed by atoms with Crippen LogP contribution in [0.25, 0.3) is 0 Å². The average Bonchev–Trinajstić information content (AvgIpc) is 2.46. The van der Waals surface area contributed by atoms with Gasteiger partial charge < -0.3 is 15.0 Å². The fourth-order valence-electron chi connectivity index (χ4n) is 3.70. The molecule has 1 heterocycles. The third-order valence-corrected chi connectivity index (χ3v) is 5.38. The summed E-state index contributed by atoms with van der Waals surface area (Å²) in [7, 11) is 3.98. The normalized spacial score (nSPS) is 33.5. The highest BCUT2D eigenvalue weighted by molar-refractivity contribution is 5.32. The van der Waals surface area contributed by atoms with Crippen LogP contribution in [-0.2, 0) is 0 Å². The molecule has 2 aliphatic rings. The molecule has 1 saturated carbocycles. The predicted molar refractivity (Wildman–Crippen MR) is 87.0 cm³/mol. The topological polar surface area (TPSA) is 24.5 Å². The summed E-state index contributed by atoms with van der Waals surface area (Å²) in [6.07, 6.45) is 5.12. The van der Waals surface area contributed by atoms with Gasteiger partial charge in [0.05, 0.1) is 7.11 Å². The second kappa shape index (κ2) is 6.37. The van der Waals surface area contributed by atoms with Crippen molar-refractivity contribution in [1.82, 2.24) is 10.2 Å². The van der Waals surface area contributed by atoms with Crippen molar-refractivity contribution in [3.63, 3.8) is 0 Å². The van der Waals surface area contributed by atoms with Crippen LogP contribution >= 0.6 is 0 Å². The smallest absolute Gasteiger partial charge is 0.119 e. The molecule has 1 aromatic carbocycles. The molecule has 2 atom stereocenters. The summed E-state index contributed by atoms with van der Waals surface area (Å²) >= 11 is 0. The number of piperidine rings is 1. The minimum Gasteiger partial charge on any atom is -0.497 e. The van der Waals surface area contributed by atoms with Crippen LogP contribution in [0.15, 0.2) is 24.3 Å². The lowest BCUT2D eigenvalue weighted by atomic mass is 9.75. The zero-order valence-corrected chi connectivity index (χ0v) is 13.5. The van der Waals surface area contributed by atoms with E-state index in [1.54, 1.807) is 7.11 Å². The first-order valence-corrected chi connectivity index (χ1v) is 8.26. The monoisotopic (exact) mass is 288 g/mol. The molecule has 0 amide bonds. The van der Waals surface area contributed by atoms with Crippen molar-refractivity contribution in [3.8, 4) is 5.75 Å². The number of ether oxygens (including phenoxy) is 1. The Kier molecular flexibility index (Phi) is 4.51. The van der Waals surface area contributed by atoms with Gasteiger partial charge in [-0.05, 0) is 69.8 Å². The van der Waals surface area contributed by atoms with Gasteiger partial charge >= 0.3 is 0 Å². The van der Waals surface area contributed by atoms with Crippen molar-refractivity contribution in [1.29, 1.82) is 0 Å². The second-order valence-corrected chi connectivity index (χ2v) is 6.86. The Morgan fingerprint density at radius 1 is 1.19 bits per heavy atom. The van der Waals surface area contributed by atoms with Crippen molar-refractivity contribution in [3.05, 3.63) is 29.8 Å². The molecule has 0 bridgehead atoms. The molecule has 1 N–H and O–H groups in total. The molecule has 1 aliphatic heterocycles. The fraction of sp³-hybridized carbons (Fsp3) is 0.667. The maximum Gasteiger partial charge on any atom is 0.119 e. The van der Waals surface area contributed by atoms with Gasteiger partial charge in [-0.25, -0.2) is 0 Å². The Balaban J connectivity index is 1.47. The fourth-order valence-corrected chi connectivity index (χ4v) is 3.70. The van der Waals surface area contributed by atoms with E-state index in [1.165, 1.54) is 37.8 Å². The lowest BCUT2D eigenvalue weighted by Gasteiger charge is -2.42. The number of hydrogen-bond acceptors (Lipinski definition) is 3. The zero-order chi connectivity index (χ0) is 14.8. The van der Waals surface area contributed by atoms with E-state index in [1.807, 2.05) is 6.07 Å². The summed E-state index contributed by atoms with van der Waals surface area (Å²) < 4.78 is 5.32. The van der Waals surface area contributed by atoms with Crippen molar-refractivity contribution >= 4 is 0 Å². The molecular formula is C18H28N2O. The largest absolute Gasteiger partial charge is 0.497 e. The lowest BCUT2D eigenvalue weighted by Crippen LogP contribution is -2.51. The first-order valence-electron chi connectivity index (χ1n) is 8.26. The van der Waals surface area contributed by atoms with Crippen LogP contribution < -0.4 is 10.1 Å². The van der Waals surface area contributed by atoms with Gasteiger partial charge in [0.2, 0.25) is 0 Å². The SMILES string of the molecule is COc1cccc(C2CC(NC3CCN(C)C(C)C3)C2)c1. The molecule has 1 aliphatic carbocycles. The number of benzene rings is 1. The molecule has 3 nitrogen and oxygen atoms in total. The second-order valence-electron chi connectivity index (χ2n) is 6.86. The summed E-state index contributed by atoms with van der Waals surface area (Å²) in [5.41, 5.74) is 1.43. The van der Waals surface area contributed by atoms with Crippen LogP contribution in [0.3, 0.4) is 0 Å². The first kappa shape index (κ1) is 14.9. The molecule has 3 rings (SSSR count). The van der Waals surface area contributed by atoms with E-state index < -0.39 is 0 Å². The van der Waals surface area contributed by atoms with E-state index >= 15 is 0 Å². The lowest BCUT2D eigenvalue weighted by molar-refractivity contribution is 0.146. The summed E-state index contributed by atoms with van der Waals surface area (Å²) in [5, 5.41) is 3.88. The molecule has 21 heavy (non-hydrogen) atoms. The summed E-state index contributed by atoms with van der Waals surface area (Å²) in [5.74, 6) is 1.69. The molecule has 2 fully saturated rings. The quantitative estimate of drug-likeness (QED) is 0.922. The highest BCUT2D eigenvalue weighted by Crippen LogP contribution is 2.38. The molecule has 1 aromatic rings. The number of nitrogens with one attached hydrogen (secondary N) is 1. The molecule has 1 saturated heterocycles. The van der Waals surface area contributed by atoms with Crippen molar-refractivity contribution in [2.45, 2.75) is 56.7 Å².